The lowest BCUT2D eigenvalue weighted by molar-refractivity contribution is -0.384. The van der Waals surface area contributed by atoms with E-state index in [-0.39, 0.29) is 23.3 Å². The molecule has 1 amide bonds. The van der Waals surface area contributed by atoms with Gasteiger partial charge in [-0.15, -0.1) is 0 Å². The molecule has 1 N–H and O–H groups in total. The number of nitrogens with zero attached hydrogens (tertiary/aromatic N) is 2. The van der Waals surface area contributed by atoms with Crippen molar-refractivity contribution < 1.29 is 14.5 Å². The summed E-state index contributed by atoms with van der Waals surface area (Å²) in [6.45, 7) is 1.45. The molecule has 7 heteroatoms. The molecule has 1 aliphatic heterocycles. The monoisotopic (exact) mass is 453 g/mol. The van der Waals surface area contributed by atoms with E-state index >= 15 is 0 Å². The Morgan fingerprint density at radius 3 is 2.41 bits per heavy atom. The van der Waals surface area contributed by atoms with Crippen LogP contribution in [-0.2, 0) is 9.59 Å². The van der Waals surface area contributed by atoms with Gasteiger partial charge in [0.15, 0.2) is 5.78 Å². The summed E-state index contributed by atoms with van der Waals surface area (Å²) in [7, 11) is 0. The second kappa shape index (κ2) is 8.59. The topological polar surface area (TPSA) is 92.6 Å². The number of ketones is 1. The molecule has 2 atom stereocenters. The predicted molar refractivity (Wildman–Crippen MR) is 130 cm³/mol. The summed E-state index contributed by atoms with van der Waals surface area (Å²) in [6, 6.07) is 22.7. The van der Waals surface area contributed by atoms with Crippen LogP contribution in [0.4, 0.5) is 17.1 Å². The number of Topliss-reactive ketones (excluding diaryl/α,β-unsaturated/α-hetero) is 1. The Morgan fingerprint density at radius 2 is 1.68 bits per heavy atom. The summed E-state index contributed by atoms with van der Waals surface area (Å²) >= 11 is 0. The minimum Gasteiger partial charge on any atom is -0.357 e. The van der Waals surface area contributed by atoms with E-state index in [9.17, 15) is 19.7 Å². The summed E-state index contributed by atoms with van der Waals surface area (Å²) in [5.74, 6) is -0.322. The highest BCUT2D eigenvalue weighted by Gasteiger charge is 2.41. The molecular weight excluding hydrogens is 430 g/mol. The van der Waals surface area contributed by atoms with Gasteiger partial charge in [0.25, 0.3) is 5.69 Å². The first-order chi connectivity index (χ1) is 16.4. The third kappa shape index (κ3) is 3.75. The van der Waals surface area contributed by atoms with Crippen LogP contribution in [0.3, 0.4) is 0 Å². The number of hydrogen-bond donors (Lipinski definition) is 1. The molecule has 5 rings (SSSR count). The van der Waals surface area contributed by atoms with E-state index in [0.717, 1.165) is 16.9 Å². The summed E-state index contributed by atoms with van der Waals surface area (Å²) in [4.78, 5) is 39.3. The number of rotatable bonds is 3. The fourth-order valence-corrected chi connectivity index (χ4v) is 5.02. The number of benzene rings is 3. The highest BCUT2D eigenvalue weighted by molar-refractivity contribution is 6.06. The van der Waals surface area contributed by atoms with Crippen LogP contribution in [0.2, 0.25) is 0 Å². The molecule has 0 aromatic heterocycles. The Kier molecular flexibility index (Phi) is 5.45. The first-order valence-electron chi connectivity index (χ1n) is 11.2. The van der Waals surface area contributed by atoms with Crippen LogP contribution < -0.4 is 10.2 Å². The second-order valence-electron chi connectivity index (χ2n) is 8.62. The Balaban J connectivity index is 1.72. The summed E-state index contributed by atoms with van der Waals surface area (Å²) in [5.41, 5.74) is 4.11. The first-order valence-corrected chi connectivity index (χ1v) is 11.2. The van der Waals surface area contributed by atoms with Gasteiger partial charge in [-0.05, 0) is 35.6 Å². The zero-order chi connectivity index (χ0) is 23.8. The number of carbonyl (C=O) groups excluding carboxylic acids is 2. The van der Waals surface area contributed by atoms with E-state index < -0.39 is 11.0 Å². The molecule has 0 saturated heterocycles. The molecule has 2 aliphatic rings. The number of anilines is 2. The van der Waals surface area contributed by atoms with Crippen molar-refractivity contribution in [3.05, 3.63) is 111 Å². The third-order valence-corrected chi connectivity index (χ3v) is 6.50. The molecule has 7 nitrogen and oxygen atoms in total. The number of amides is 1. The van der Waals surface area contributed by atoms with E-state index in [1.807, 2.05) is 54.6 Å². The lowest BCUT2D eigenvalue weighted by Gasteiger charge is -2.34. The molecule has 0 saturated carbocycles. The summed E-state index contributed by atoms with van der Waals surface area (Å²) in [5, 5.41) is 14.9. The van der Waals surface area contributed by atoms with Crippen LogP contribution in [-0.4, -0.2) is 16.6 Å². The molecule has 0 fully saturated rings. The van der Waals surface area contributed by atoms with Crippen molar-refractivity contribution in [1.29, 1.82) is 0 Å². The van der Waals surface area contributed by atoms with E-state index in [1.165, 1.54) is 19.1 Å². The average Bonchev–Trinajstić information content (AvgIpc) is 2.99. The number of fused-ring (bicyclic) bond motifs is 1. The van der Waals surface area contributed by atoms with Gasteiger partial charge >= 0.3 is 0 Å². The number of non-ortho nitro benzene ring substituents is 1. The Bertz CT molecular complexity index is 1330. The first kappa shape index (κ1) is 21.6. The normalized spacial score (nSPS) is 19.6. The van der Waals surface area contributed by atoms with Crippen molar-refractivity contribution in [3.63, 3.8) is 0 Å². The number of nitrogens with one attached hydrogen (secondary N) is 1. The van der Waals surface area contributed by atoms with Crippen molar-refractivity contribution in [2.45, 2.75) is 31.7 Å². The maximum absolute atomic E-state index is 13.7. The van der Waals surface area contributed by atoms with E-state index in [1.54, 1.807) is 17.0 Å². The van der Waals surface area contributed by atoms with E-state index in [0.29, 0.717) is 29.7 Å². The average molecular weight is 453 g/mol. The predicted octanol–water partition coefficient (Wildman–Crippen LogP) is 5.52. The van der Waals surface area contributed by atoms with Gasteiger partial charge < -0.3 is 5.32 Å². The van der Waals surface area contributed by atoms with Crippen LogP contribution in [0, 0.1) is 10.1 Å². The molecule has 1 heterocycles. The Labute approximate surface area is 196 Å². The number of nitro benzene ring substituents is 1. The quantitative estimate of drug-likeness (QED) is 0.417. The largest absolute Gasteiger partial charge is 0.357 e. The van der Waals surface area contributed by atoms with E-state index in [4.69, 9.17) is 0 Å². The molecule has 3 aromatic carbocycles. The number of allylic oxidation sites excluding steroid dienone is 1. The molecule has 0 spiro atoms. The van der Waals surface area contributed by atoms with E-state index in [2.05, 4.69) is 5.32 Å². The summed E-state index contributed by atoms with van der Waals surface area (Å²) < 4.78 is 0. The van der Waals surface area contributed by atoms with Crippen LogP contribution in [0.15, 0.2) is 90.1 Å². The van der Waals surface area contributed by atoms with Crippen LogP contribution >= 0.6 is 0 Å². The number of para-hydroxylation sites is 2. The highest BCUT2D eigenvalue weighted by Crippen LogP contribution is 2.47. The molecule has 2 unspecified atom stereocenters. The van der Waals surface area contributed by atoms with Crippen molar-refractivity contribution in [2.75, 3.05) is 10.2 Å². The van der Waals surface area contributed by atoms with Crippen molar-refractivity contribution in [3.8, 4) is 0 Å². The van der Waals surface area contributed by atoms with Gasteiger partial charge in [0, 0.05) is 36.7 Å². The molecular formula is C27H23N3O4. The molecule has 0 bridgehead atoms. The van der Waals surface area contributed by atoms with Gasteiger partial charge in [-0.3, -0.25) is 24.6 Å². The number of carbonyl (C=O) groups is 2. The fourth-order valence-electron chi connectivity index (χ4n) is 5.02. The number of nitro groups is 1. The van der Waals surface area contributed by atoms with Gasteiger partial charge in [-0.25, -0.2) is 0 Å². The molecule has 0 radical (unpaired) electrons. The van der Waals surface area contributed by atoms with Crippen molar-refractivity contribution >= 4 is 28.8 Å². The van der Waals surface area contributed by atoms with Gasteiger partial charge in [0.05, 0.1) is 22.3 Å². The maximum atomic E-state index is 13.7. The molecule has 3 aromatic rings. The Hall–Kier alpha value is -4.26. The minimum atomic E-state index is -0.771. The highest BCUT2D eigenvalue weighted by atomic mass is 16.6. The van der Waals surface area contributed by atoms with Gasteiger partial charge in [-0.2, -0.15) is 0 Å². The van der Waals surface area contributed by atoms with Crippen LogP contribution in [0.25, 0.3) is 0 Å². The molecule has 1 aliphatic carbocycles. The van der Waals surface area contributed by atoms with Gasteiger partial charge in [0.1, 0.15) is 0 Å². The van der Waals surface area contributed by atoms with Crippen molar-refractivity contribution in [2.24, 2.45) is 0 Å². The minimum absolute atomic E-state index is 0.00162. The summed E-state index contributed by atoms with van der Waals surface area (Å²) in [6.07, 6.45) is 0.897. The lowest BCUT2D eigenvalue weighted by Crippen LogP contribution is -2.37. The van der Waals surface area contributed by atoms with Crippen molar-refractivity contribution in [1.82, 2.24) is 0 Å². The smallest absolute Gasteiger partial charge is 0.269 e. The SMILES string of the molecule is CC(=O)N1c2ccccc2NC2=C(C(=O)CC(c3ccccc3)C2)C1c1cccc([N+](=O)[O-])c1. The third-order valence-electron chi connectivity index (χ3n) is 6.50. The molecule has 34 heavy (non-hydrogen) atoms. The second-order valence-corrected chi connectivity index (χ2v) is 8.62. The van der Waals surface area contributed by atoms with Gasteiger partial charge in [0.2, 0.25) is 5.91 Å². The Morgan fingerprint density at radius 1 is 0.971 bits per heavy atom. The molecule has 170 valence electrons. The lowest BCUT2D eigenvalue weighted by atomic mass is 9.78. The fraction of sp³-hybridized carbons (Fsp3) is 0.185. The maximum Gasteiger partial charge on any atom is 0.269 e. The van der Waals surface area contributed by atoms with Crippen LogP contribution in [0.5, 0.6) is 0 Å². The van der Waals surface area contributed by atoms with Crippen LogP contribution in [0.1, 0.15) is 42.9 Å². The number of hydrogen-bond acceptors (Lipinski definition) is 5. The zero-order valence-corrected chi connectivity index (χ0v) is 18.6. The van der Waals surface area contributed by atoms with Gasteiger partial charge in [-0.1, -0.05) is 54.6 Å². The standard InChI is InChI=1S/C27H23N3O4/c1-17(31)29-24-13-6-5-12-22(24)28-23-15-20(18-8-3-2-4-9-18)16-25(32)26(23)27(29)19-10-7-11-21(14-19)30(33)34/h2-14,20,27-28H,15-16H2,1H3. The zero-order valence-electron chi connectivity index (χ0n) is 18.6.